The summed E-state index contributed by atoms with van der Waals surface area (Å²) >= 11 is 0. The molecule has 2 atom stereocenters. The van der Waals surface area contributed by atoms with Crippen LogP contribution in [-0.2, 0) is 0 Å². The lowest BCUT2D eigenvalue weighted by atomic mass is 10.1. The Morgan fingerprint density at radius 2 is 2.13 bits per heavy atom. The first-order chi connectivity index (χ1) is 7.04. The topological polar surface area (TPSA) is 35.2 Å². The fourth-order valence-electron chi connectivity index (χ4n) is 1.23. The van der Waals surface area contributed by atoms with E-state index in [-0.39, 0.29) is 18.0 Å². The van der Waals surface area contributed by atoms with Crippen LogP contribution in [0.5, 0.6) is 5.75 Å². The Kier molecular flexibility index (Phi) is 3.86. The smallest absolute Gasteiger partial charge is 0.127 e. The Bertz CT molecular complexity index is 349. The molecule has 15 heavy (non-hydrogen) atoms. The second kappa shape index (κ2) is 4.94. The minimum Gasteiger partial charge on any atom is -0.486 e. The van der Waals surface area contributed by atoms with Crippen molar-refractivity contribution in [3.8, 4) is 5.75 Å². The molecule has 2 nitrogen and oxygen atoms in total. The van der Waals surface area contributed by atoms with Crippen LogP contribution in [0.2, 0.25) is 0 Å². The summed E-state index contributed by atoms with van der Waals surface area (Å²) < 4.78 is 18.5. The highest BCUT2D eigenvalue weighted by molar-refractivity contribution is 5.36. The molecule has 1 unspecified atom stereocenters. The molecule has 2 N–H and O–H groups in total. The average Bonchev–Trinajstić information content (AvgIpc) is 2.17. The average molecular weight is 209 g/mol. The lowest BCUT2D eigenvalue weighted by molar-refractivity contribution is 0.265. The molecule has 82 valence electrons. The first-order valence-corrected chi connectivity index (χ1v) is 4.89. The van der Waals surface area contributed by atoms with Crippen LogP contribution in [0.3, 0.4) is 0 Å². The number of hydrogen-bond donors (Lipinski definition) is 1. The molecule has 3 heteroatoms. The van der Waals surface area contributed by atoms with E-state index in [1.54, 1.807) is 12.1 Å². The SMILES string of the molecule is C=CC(C)Oc1cc(F)ccc1[C@H](C)N. The van der Waals surface area contributed by atoms with Crippen LogP contribution in [0, 0.1) is 5.82 Å². The predicted molar refractivity (Wildman–Crippen MR) is 59.3 cm³/mol. The largest absolute Gasteiger partial charge is 0.486 e. The van der Waals surface area contributed by atoms with Gasteiger partial charge in [-0.3, -0.25) is 0 Å². The van der Waals surface area contributed by atoms with E-state index in [1.165, 1.54) is 12.1 Å². The van der Waals surface area contributed by atoms with Gasteiger partial charge >= 0.3 is 0 Å². The fourth-order valence-corrected chi connectivity index (χ4v) is 1.23. The Hall–Kier alpha value is -1.35. The van der Waals surface area contributed by atoms with Crippen molar-refractivity contribution in [2.24, 2.45) is 5.73 Å². The van der Waals surface area contributed by atoms with E-state index in [2.05, 4.69) is 6.58 Å². The minimum atomic E-state index is -0.328. The van der Waals surface area contributed by atoms with Gasteiger partial charge in [-0.2, -0.15) is 0 Å². The van der Waals surface area contributed by atoms with Gasteiger partial charge in [-0.1, -0.05) is 18.7 Å². The van der Waals surface area contributed by atoms with Crippen LogP contribution in [0.25, 0.3) is 0 Å². The van der Waals surface area contributed by atoms with Gasteiger partial charge in [-0.15, -0.1) is 0 Å². The van der Waals surface area contributed by atoms with Crippen LogP contribution in [0.15, 0.2) is 30.9 Å². The van der Waals surface area contributed by atoms with Crippen LogP contribution >= 0.6 is 0 Å². The van der Waals surface area contributed by atoms with E-state index in [4.69, 9.17) is 10.5 Å². The number of benzene rings is 1. The highest BCUT2D eigenvalue weighted by Crippen LogP contribution is 2.25. The number of rotatable bonds is 4. The minimum absolute atomic E-state index is 0.163. The van der Waals surface area contributed by atoms with Gasteiger partial charge in [0.25, 0.3) is 0 Å². The molecular weight excluding hydrogens is 193 g/mol. The fraction of sp³-hybridized carbons (Fsp3) is 0.333. The summed E-state index contributed by atoms with van der Waals surface area (Å²) in [4.78, 5) is 0. The molecule has 0 bridgehead atoms. The van der Waals surface area contributed by atoms with Gasteiger partial charge in [0.05, 0.1) is 0 Å². The maximum atomic E-state index is 13.0. The van der Waals surface area contributed by atoms with E-state index in [0.29, 0.717) is 5.75 Å². The van der Waals surface area contributed by atoms with E-state index in [1.807, 2.05) is 13.8 Å². The Morgan fingerprint density at radius 1 is 1.47 bits per heavy atom. The van der Waals surface area contributed by atoms with Crippen molar-refractivity contribution < 1.29 is 9.13 Å². The lowest BCUT2D eigenvalue weighted by Gasteiger charge is -2.16. The molecule has 0 amide bonds. The molecule has 1 aromatic carbocycles. The molecular formula is C12H16FNO. The third-order valence-corrected chi connectivity index (χ3v) is 2.11. The maximum absolute atomic E-state index is 13.0. The Morgan fingerprint density at radius 3 is 2.67 bits per heavy atom. The van der Waals surface area contributed by atoms with Gasteiger partial charge in [-0.05, 0) is 19.9 Å². The van der Waals surface area contributed by atoms with Gasteiger partial charge < -0.3 is 10.5 Å². The number of ether oxygens (including phenoxy) is 1. The zero-order valence-electron chi connectivity index (χ0n) is 9.03. The van der Waals surface area contributed by atoms with Crippen molar-refractivity contribution in [1.29, 1.82) is 0 Å². The molecule has 0 aromatic heterocycles. The lowest BCUT2D eigenvalue weighted by Crippen LogP contribution is -2.13. The molecule has 0 aliphatic heterocycles. The first kappa shape index (κ1) is 11.7. The zero-order valence-corrected chi connectivity index (χ0v) is 9.03. The molecule has 0 aliphatic carbocycles. The molecule has 0 saturated heterocycles. The Balaban J connectivity index is 3.01. The normalized spacial score (nSPS) is 14.4. The Labute approximate surface area is 89.6 Å². The van der Waals surface area contributed by atoms with Crippen molar-refractivity contribution >= 4 is 0 Å². The summed E-state index contributed by atoms with van der Waals surface area (Å²) in [6.07, 6.45) is 1.49. The van der Waals surface area contributed by atoms with Crippen LogP contribution in [0.1, 0.15) is 25.5 Å². The summed E-state index contributed by atoms with van der Waals surface area (Å²) in [6.45, 7) is 7.27. The molecule has 0 spiro atoms. The highest BCUT2D eigenvalue weighted by Gasteiger charge is 2.10. The standard InChI is InChI=1S/C12H16FNO/c1-4-8(2)15-12-7-10(13)5-6-11(12)9(3)14/h4-9H,1,14H2,2-3H3/t8?,9-/m0/s1. The second-order valence-electron chi connectivity index (χ2n) is 3.53. The van der Waals surface area contributed by atoms with Crippen molar-refractivity contribution in [3.63, 3.8) is 0 Å². The number of halogens is 1. The van der Waals surface area contributed by atoms with Gasteiger partial charge in [0.1, 0.15) is 17.7 Å². The summed E-state index contributed by atoms with van der Waals surface area (Å²) in [5.41, 5.74) is 6.55. The van der Waals surface area contributed by atoms with Crippen molar-refractivity contribution in [3.05, 3.63) is 42.2 Å². The quantitative estimate of drug-likeness (QED) is 0.774. The van der Waals surface area contributed by atoms with E-state index >= 15 is 0 Å². The summed E-state index contributed by atoms with van der Waals surface area (Å²) in [5.74, 6) is 0.156. The molecule has 0 radical (unpaired) electrons. The second-order valence-corrected chi connectivity index (χ2v) is 3.53. The van der Waals surface area contributed by atoms with E-state index < -0.39 is 0 Å². The molecule has 1 aromatic rings. The number of hydrogen-bond acceptors (Lipinski definition) is 2. The van der Waals surface area contributed by atoms with E-state index in [9.17, 15) is 4.39 Å². The van der Waals surface area contributed by atoms with Crippen LogP contribution < -0.4 is 10.5 Å². The van der Waals surface area contributed by atoms with Crippen LogP contribution in [0.4, 0.5) is 4.39 Å². The monoisotopic (exact) mass is 209 g/mol. The predicted octanol–water partition coefficient (Wildman–Crippen LogP) is 2.80. The summed E-state index contributed by atoms with van der Waals surface area (Å²) in [7, 11) is 0. The molecule has 0 aliphatic rings. The molecule has 0 heterocycles. The number of nitrogens with two attached hydrogens (primary N) is 1. The van der Waals surface area contributed by atoms with Crippen molar-refractivity contribution in [2.75, 3.05) is 0 Å². The molecule has 1 rings (SSSR count). The van der Waals surface area contributed by atoms with Crippen LogP contribution in [-0.4, -0.2) is 6.10 Å². The molecule has 0 saturated carbocycles. The third-order valence-electron chi connectivity index (χ3n) is 2.11. The van der Waals surface area contributed by atoms with Gasteiger partial charge in [0, 0.05) is 17.7 Å². The van der Waals surface area contributed by atoms with Gasteiger partial charge in [0.2, 0.25) is 0 Å². The van der Waals surface area contributed by atoms with E-state index in [0.717, 1.165) is 5.56 Å². The maximum Gasteiger partial charge on any atom is 0.127 e. The molecule has 0 fully saturated rings. The van der Waals surface area contributed by atoms with Crippen molar-refractivity contribution in [1.82, 2.24) is 0 Å². The summed E-state index contributed by atoms with van der Waals surface area (Å²) in [5, 5.41) is 0. The van der Waals surface area contributed by atoms with Gasteiger partial charge in [0.15, 0.2) is 0 Å². The third kappa shape index (κ3) is 3.06. The zero-order chi connectivity index (χ0) is 11.4. The van der Waals surface area contributed by atoms with Gasteiger partial charge in [-0.25, -0.2) is 4.39 Å². The highest BCUT2D eigenvalue weighted by atomic mass is 19.1. The summed E-state index contributed by atoms with van der Waals surface area (Å²) in [6, 6.07) is 4.19. The first-order valence-electron chi connectivity index (χ1n) is 4.89. The van der Waals surface area contributed by atoms with Crippen molar-refractivity contribution in [2.45, 2.75) is 26.0 Å².